The Morgan fingerprint density at radius 3 is 2.40 bits per heavy atom. The van der Waals surface area contributed by atoms with Crippen molar-refractivity contribution >= 4 is 8.07 Å². The van der Waals surface area contributed by atoms with E-state index >= 15 is 0 Å². The average molecular weight is 218 g/mol. The Hall–Kier alpha value is -1.04. The maximum Gasteiger partial charge on any atom is 0.139 e. The monoisotopic (exact) mass is 218 g/mol. The highest BCUT2D eigenvalue weighted by atomic mass is 28.3. The lowest BCUT2D eigenvalue weighted by atomic mass is 10.1. The van der Waals surface area contributed by atoms with Crippen molar-refractivity contribution in [3.63, 3.8) is 0 Å². The largest absolute Gasteiger partial charge is 0.376 e. The van der Waals surface area contributed by atoms with E-state index in [1.807, 2.05) is 30.3 Å². The summed E-state index contributed by atoms with van der Waals surface area (Å²) in [7, 11) is -1.39. The van der Waals surface area contributed by atoms with Crippen LogP contribution in [0.4, 0.5) is 0 Å². The Morgan fingerprint density at radius 1 is 1.27 bits per heavy atom. The third kappa shape index (κ3) is 3.91. The normalized spacial score (nSPS) is 12.8. The first-order valence-electron chi connectivity index (χ1n) is 5.31. The van der Waals surface area contributed by atoms with Crippen LogP contribution in [0.3, 0.4) is 0 Å². The van der Waals surface area contributed by atoms with Crippen LogP contribution in [-0.4, -0.2) is 13.2 Å². The second-order valence-corrected chi connectivity index (χ2v) is 9.04. The fourth-order valence-electron chi connectivity index (χ4n) is 1.07. The predicted molar refractivity (Wildman–Crippen MR) is 67.1 cm³/mol. The molecule has 15 heavy (non-hydrogen) atoms. The number of hydrogen-bond donors (Lipinski definition) is 1. The van der Waals surface area contributed by atoms with Crippen molar-refractivity contribution in [2.24, 2.45) is 0 Å². The Balaban J connectivity index is 2.76. The van der Waals surface area contributed by atoms with Gasteiger partial charge in [0.1, 0.15) is 14.2 Å². The van der Waals surface area contributed by atoms with Crippen molar-refractivity contribution in [2.75, 3.05) is 0 Å². The zero-order valence-electron chi connectivity index (χ0n) is 9.62. The van der Waals surface area contributed by atoms with Gasteiger partial charge in [-0.05, 0) is 11.6 Å². The molecule has 0 amide bonds. The molecule has 1 nitrogen and oxygen atoms in total. The van der Waals surface area contributed by atoms with Crippen molar-refractivity contribution in [1.82, 2.24) is 0 Å². The zero-order chi connectivity index (χ0) is 11.3. The first-order chi connectivity index (χ1) is 7.05. The minimum atomic E-state index is -1.39. The lowest BCUT2D eigenvalue weighted by Gasteiger charge is -2.11. The van der Waals surface area contributed by atoms with Gasteiger partial charge in [-0.1, -0.05) is 56.3 Å². The van der Waals surface area contributed by atoms with Crippen molar-refractivity contribution in [3.05, 3.63) is 35.9 Å². The molecule has 0 saturated carbocycles. The molecule has 1 aromatic carbocycles. The molecule has 0 aromatic heterocycles. The summed E-state index contributed by atoms with van der Waals surface area (Å²) in [6.07, 6.45) is -0.635. The molecule has 0 bridgehead atoms. The number of hydrogen-bond acceptors (Lipinski definition) is 1. The van der Waals surface area contributed by atoms with E-state index < -0.39 is 14.2 Å². The molecular formula is C13H18OSi. The van der Waals surface area contributed by atoms with E-state index in [4.69, 9.17) is 0 Å². The molecule has 1 N–H and O–H groups in total. The van der Waals surface area contributed by atoms with E-state index in [1.165, 1.54) is 0 Å². The van der Waals surface area contributed by atoms with Gasteiger partial charge in [-0.15, -0.1) is 5.54 Å². The number of rotatable bonds is 2. The lowest BCUT2D eigenvalue weighted by molar-refractivity contribution is 0.238. The van der Waals surface area contributed by atoms with Crippen molar-refractivity contribution in [1.29, 1.82) is 0 Å². The second-order valence-electron chi connectivity index (χ2n) is 4.32. The second kappa shape index (κ2) is 5.15. The van der Waals surface area contributed by atoms with Crippen LogP contribution in [0.1, 0.15) is 18.6 Å². The van der Waals surface area contributed by atoms with E-state index in [-0.39, 0.29) is 0 Å². The van der Waals surface area contributed by atoms with Crippen molar-refractivity contribution in [2.45, 2.75) is 32.2 Å². The quantitative estimate of drug-likeness (QED) is 0.597. The first-order valence-corrected chi connectivity index (χ1v) is 8.51. The van der Waals surface area contributed by atoms with Gasteiger partial charge in [-0.3, -0.25) is 0 Å². The molecule has 2 heteroatoms. The third-order valence-electron chi connectivity index (χ3n) is 2.55. The molecule has 0 aliphatic rings. The van der Waals surface area contributed by atoms with Crippen LogP contribution in [0, 0.1) is 11.5 Å². The summed E-state index contributed by atoms with van der Waals surface area (Å²) in [5, 5.41) is 9.83. The van der Waals surface area contributed by atoms with Gasteiger partial charge in [0, 0.05) is 0 Å². The molecule has 0 aliphatic carbocycles. The first kappa shape index (κ1) is 12.0. The summed E-state index contributed by atoms with van der Waals surface area (Å²) in [5.41, 5.74) is 4.13. The lowest BCUT2D eigenvalue weighted by Crippen LogP contribution is -2.21. The molecular weight excluding hydrogens is 200 g/mol. The van der Waals surface area contributed by atoms with E-state index in [0.717, 1.165) is 11.6 Å². The molecule has 1 aromatic rings. The van der Waals surface area contributed by atoms with Crippen molar-refractivity contribution < 1.29 is 5.11 Å². The Morgan fingerprint density at radius 2 is 1.87 bits per heavy atom. The van der Waals surface area contributed by atoms with Gasteiger partial charge in [-0.2, -0.15) is 0 Å². The molecule has 0 spiro atoms. The topological polar surface area (TPSA) is 20.2 Å². The summed E-state index contributed by atoms with van der Waals surface area (Å²) in [5.74, 6) is 2.96. The fourth-order valence-corrected chi connectivity index (χ4v) is 1.78. The Labute approximate surface area is 93.2 Å². The van der Waals surface area contributed by atoms with Crippen LogP contribution in [-0.2, 0) is 0 Å². The molecule has 0 unspecified atom stereocenters. The highest BCUT2D eigenvalue weighted by Crippen LogP contribution is 2.12. The number of aliphatic hydroxyl groups excluding tert-OH is 1. The van der Waals surface area contributed by atoms with Crippen molar-refractivity contribution in [3.8, 4) is 11.5 Å². The molecule has 0 aliphatic heterocycles. The van der Waals surface area contributed by atoms with Gasteiger partial charge in [0.05, 0.1) is 0 Å². The SMILES string of the molecule is CC[Si](C)(C)C#C[C@@H](O)c1ccccc1. The number of benzene rings is 1. The van der Waals surface area contributed by atoms with Crippen LogP contribution in [0.25, 0.3) is 0 Å². The summed E-state index contributed by atoms with van der Waals surface area (Å²) >= 11 is 0. The molecule has 0 saturated heterocycles. The molecule has 0 heterocycles. The predicted octanol–water partition coefficient (Wildman–Crippen LogP) is 2.99. The van der Waals surface area contributed by atoms with Gasteiger partial charge in [0.25, 0.3) is 0 Å². The van der Waals surface area contributed by atoms with Crippen LogP contribution in [0.15, 0.2) is 30.3 Å². The minimum absolute atomic E-state index is 0.635. The molecule has 0 fully saturated rings. The zero-order valence-corrected chi connectivity index (χ0v) is 10.6. The summed E-state index contributed by atoms with van der Waals surface area (Å²) in [4.78, 5) is 0. The van der Waals surface area contributed by atoms with Gasteiger partial charge in [-0.25, -0.2) is 0 Å². The average Bonchev–Trinajstić information content (AvgIpc) is 2.27. The standard InChI is InChI=1S/C13H18OSi/c1-4-15(2,3)11-10-13(14)12-8-6-5-7-9-12/h5-9,13-14H,4H2,1-3H3/t13-/m1/s1. The Bertz CT molecular complexity index is 359. The molecule has 0 radical (unpaired) electrons. The highest BCUT2D eigenvalue weighted by Gasteiger charge is 2.14. The fraction of sp³-hybridized carbons (Fsp3) is 0.385. The number of aliphatic hydroxyl groups is 1. The molecule has 1 atom stereocenters. The van der Waals surface area contributed by atoms with Gasteiger partial charge < -0.3 is 5.11 Å². The van der Waals surface area contributed by atoms with Crippen LogP contribution < -0.4 is 0 Å². The van der Waals surface area contributed by atoms with Crippen LogP contribution in [0.2, 0.25) is 19.1 Å². The van der Waals surface area contributed by atoms with E-state index in [0.29, 0.717) is 0 Å². The minimum Gasteiger partial charge on any atom is -0.376 e. The van der Waals surface area contributed by atoms with E-state index in [2.05, 4.69) is 31.5 Å². The van der Waals surface area contributed by atoms with Gasteiger partial charge in [0.2, 0.25) is 0 Å². The molecule has 1 rings (SSSR count). The van der Waals surface area contributed by atoms with Crippen LogP contribution >= 0.6 is 0 Å². The van der Waals surface area contributed by atoms with E-state index in [9.17, 15) is 5.11 Å². The maximum atomic E-state index is 9.83. The highest BCUT2D eigenvalue weighted by molar-refractivity contribution is 6.85. The smallest absolute Gasteiger partial charge is 0.139 e. The summed E-state index contributed by atoms with van der Waals surface area (Å²) in [6.45, 7) is 6.60. The molecule has 80 valence electrons. The summed E-state index contributed by atoms with van der Waals surface area (Å²) in [6, 6.07) is 10.7. The van der Waals surface area contributed by atoms with E-state index in [1.54, 1.807) is 0 Å². The van der Waals surface area contributed by atoms with Crippen LogP contribution in [0.5, 0.6) is 0 Å². The maximum absolute atomic E-state index is 9.83. The summed E-state index contributed by atoms with van der Waals surface area (Å²) < 4.78 is 0. The van der Waals surface area contributed by atoms with Gasteiger partial charge in [0.15, 0.2) is 0 Å². The third-order valence-corrected chi connectivity index (χ3v) is 5.14. The Kier molecular flexibility index (Phi) is 4.13. The van der Waals surface area contributed by atoms with Gasteiger partial charge >= 0.3 is 0 Å².